The number of nitrogens with zero attached hydrogens (tertiary/aromatic N) is 4. The van der Waals surface area contributed by atoms with Crippen molar-refractivity contribution in [3.8, 4) is 11.4 Å². The Kier molecular flexibility index (Phi) is 6.80. The van der Waals surface area contributed by atoms with Gasteiger partial charge in [-0.25, -0.2) is 4.79 Å². The topological polar surface area (TPSA) is 86.3 Å². The van der Waals surface area contributed by atoms with E-state index >= 15 is 0 Å². The number of amides is 3. The Morgan fingerprint density at radius 2 is 1.82 bits per heavy atom. The summed E-state index contributed by atoms with van der Waals surface area (Å²) in [7, 11) is 0. The first-order valence-corrected chi connectivity index (χ1v) is 11.4. The van der Waals surface area contributed by atoms with E-state index in [1.165, 1.54) is 0 Å². The van der Waals surface area contributed by atoms with Gasteiger partial charge in [-0.05, 0) is 49.8 Å². The van der Waals surface area contributed by atoms with Crippen molar-refractivity contribution in [2.24, 2.45) is 0 Å². The van der Waals surface area contributed by atoms with Crippen LogP contribution in [0.5, 0.6) is 0 Å². The zero-order valence-electron chi connectivity index (χ0n) is 18.5. The summed E-state index contributed by atoms with van der Waals surface area (Å²) >= 11 is 11.5. The molecule has 8 nitrogen and oxygen atoms in total. The van der Waals surface area contributed by atoms with E-state index in [-0.39, 0.29) is 18.5 Å². The summed E-state index contributed by atoms with van der Waals surface area (Å²) in [4.78, 5) is 29.0. The van der Waals surface area contributed by atoms with Crippen LogP contribution in [0.25, 0.3) is 11.4 Å². The Bertz CT molecular complexity index is 1250. The van der Waals surface area contributed by atoms with E-state index in [9.17, 15) is 9.59 Å². The number of halogens is 1. The van der Waals surface area contributed by atoms with Crippen LogP contribution in [-0.2, 0) is 11.3 Å². The van der Waals surface area contributed by atoms with E-state index in [1.807, 2.05) is 50.2 Å². The summed E-state index contributed by atoms with van der Waals surface area (Å²) in [5.74, 6) is 0.568. The molecule has 2 heterocycles. The molecule has 33 heavy (non-hydrogen) atoms. The van der Waals surface area contributed by atoms with E-state index < -0.39 is 0 Å². The van der Waals surface area contributed by atoms with Gasteiger partial charge in [0.25, 0.3) is 0 Å². The van der Waals surface area contributed by atoms with Gasteiger partial charge >= 0.3 is 6.03 Å². The van der Waals surface area contributed by atoms with Gasteiger partial charge in [-0.15, -0.1) is 0 Å². The highest BCUT2D eigenvalue weighted by Gasteiger charge is 2.25. The number of aryl methyl sites for hydroxylation is 2. The fourth-order valence-electron chi connectivity index (χ4n) is 3.74. The molecule has 0 spiro atoms. The molecule has 0 saturated carbocycles. The number of anilines is 1. The number of urea groups is 1. The molecular formula is C23H25ClN6O2S. The quantitative estimate of drug-likeness (QED) is 0.542. The Hall–Kier alpha value is -3.17. The van der Waals surface area contributed by atoms with Gasteiger partial charge in [-0.3, -0.25) is 14.5 Å². The molecule has 172 valence electrons. The average Bonchev–Trinajstić information content (AvgIpc) is 3.16. The van der Waals surface area contributed by atoms with Crippen LogP contribution in [0.4, 0.5) is 10.5 Å². The van der Waals surface area contributed by atoms with E-state index in [4.69, 9.17) is 23.8 Å². The highest BCUT2D eigenvalue weighted by Crippen LogP contribution is 2.21. The third kappa shape index (κ3) is 5.26. The number of hydrogen-bond acceptors (Lipinski definition) is 4. The fourth-order valence-corrected chi connectivity index (χ4v) is 4.11. The maximum atomic E-state index is 13.0. The van der Waals surface area contributed by atoms with Crippen LogP contribution in [0.15, 0.2) is 42.5 Å². The predicted octanol–water partition coefficient (Wildman–Crippen LogP) is 4.25. The molecule has 0 radical (unpaired) electrons. The summed E-state index contributed by atoms with van der Waals surface area (Å²) in [6.45, 7) is 5.79. The number of H-pyrrole nitrogens is 1. The lowest BCUT2D eigenvalue weighted by Crippen LogP contribution is -2.52. The maximum absolute atomic E-state index is 13.0. The molecule has 0 atom stereocenters. The van der Waals surface area contributed by atoms with Gasteiger partial charge in [0.1, 0.15) is 6.54 Å². The third-order valence-electron chi connectivity index (χ3n) is 5.67. The lowest BCUT2D eigenvalue weighted by molar-refractivity contribution is -0.133. The molecule has 0 aliphatic carbocycles. The summed E-state index contributed by atoms with van der Waals surface area (Å²) in [5, 5.41) is 10.6. The molecule has 10 heteroatoms. The molecular weight excluding hydrogens is 460 g/mol. The third-order valence-corrected chi connectivity index (χ3v) is 6.39. The number of piperazine rings is 1. The summed E-state index contributed by atoms with van der Waals surface area (Å²) in [6.07, 6.45) is 0. The van der Waals surface area contributed by atoms with Crippen molar-refractivity contribution in [1.82, 2.24) is 24.6 Å². The number of carbonyl (C=O) groups is 2. The summed E-state index contributed by atoms with van der Waals surface area (Å²) < 4.78 is 2.11. The van der Waals surface area contributed by atoms with Gasteiger partial charge in [0.15, 0.2) is 10.6 Å². The Balaban J connectivity index is 1.36. The molecule has 1 fully saturated rings. The van der Waals surface area contributed by atoms with Crippen LogP contribution < -0.4 is 5.32 Å². The normalized spacial score (nSPS) is 13.8. The molecule has 3 aromatic rings. The van der Waals surface area contributed by atoms with Crippen molar-refractivity contribution in [3.63, 3.8) is 0 Å². The second kappa shape index (κ2) is 9.76. The second-order valence-corrected chi connectivity index (χ2v) is 8.86. The average molecular weight is 485 g/mol. The molecule has 2 aromatic carbocycles. The number of hydrogen-bond donors (Lipinski definition) is 2. The molecule has 1 aliphatic heterocycles. The molecule has 2 N–H and O–H groups in total. The van der Waals surface area contributed by atoms with E-state index in [1.54, 1.807) is 20.4 Å². The van der Waals surface area contributed by atoms with Gasteiger partial charge in [-0.2, -0.15) is 5.10 Å². The Morgan fingerprint density at radius 3 is 2.52 bits per heavy atom. The number of aromatic nitrogens is 3. The van der Waals surface area contributed by atoms with Crippen LogP contribution in [0.2, 0.25) is 5.02 Å². The second-order valence-electron chi connectivity index (χ2n) is 8.07. The van der Waals surface area contributed by atoms with Crippen molar-refractivity contribution in [3.05, 3.63) is 63.4 Å². The summed E-state index contributed by atoms with van der Waals surface area (Å²) in [5.41, 5.74) is 3.59. The maximum Gasteiger partial charge on any atom is 0.321 e. The van der Waals surface area contributed by atoms with E-state index in [2.05, 4.69) is 15.5 Å². The number of rotatable bonds is 4. The van der Waals surface area contributed by atoms with Gasteiger partial charge in [0.05, 0.1) is 0 Å². The Morgan fingerprint density at radius 1 is 1.09 bits per heavy atom. The number of benzene rings is 2. The molecule has 4 rings (SSSR count). The highest BCUT2D eigenvalue weighted by atomic mass is 35.5. The molecule has 3 amide bonds. The number of carbonyl (C=O) groups excluding carboxylic acids is 2. The van der Waals surface area contributed by atoms with Crippen LogP contribution in [0.3, 0.4) is 0 Å². The van der Waals surface area contributed by atoms with Crippen LogP contribution in [0, 0.1) is 18.6 Å². The number of aromatic amines is 1. The summed E-state index contributed by atoms with van der Waals surface area (Å²) in [6, 6.07) is 13.1. The number of nitrogens with one attached hydrogen (secondary N) is 2. The minimum Gasteiger partial charge on any atom is -0.338 e. The molecule has 0 unspecified atom stereocenters. The van der Waals surface area contributed by atoms with Gasteiger partial charge in [0, 0.05) is 42.5 Å². The predicted molar refractivity (Wildman–Crippen MR) is 131 cm³/mol. The lowest BCUT2D eigenvalue weighted by atomic mass is 10.1. The lowest BCUT2D eigenvalue weighted by Gasteiger charge is -2.34. The van der Waals surface area contributed by atoms with Crippen LogP contribution >= 0.6 is 23.8 Å². The minimum atomic E-state index is -0.208. The minimum absolute atomic E-state index is 0.0632. The molecule has 1 aliphatic rings. The van der Waals surface area contributed by atoms with Crippen molar-refractivity contribution in [2.75, 3.05) is 31.5 Å². The first kappa shape index (κ1) is 23.0. The van der Waals surface area contributed by atoms with Gasteiger partial charge in [0.2, 0.25) is 5.91 Å². The van der Waals surface area contributed by atoms with E-state index in [0.29, 0.717) is 47.5 Å². The highest BCUT2D eigenvalue weighted by molar-refractivity contribution is 7.71. The zero-order chi connectivity index (χ0) is 23.5. The van der Waals surface area contributed by atoms with Crippen LogP contribution in [-0.4, -0.2) is 62.7 Å². The fraction of sp³-hybridized carbons (Fsp3) is 0.304. The molecule has 1 aromatic heterocycles. The first-order chi connectivity index (χ1) is 15.8. The van der Waals surface area contributed by atoms with Crippen molar-refractivity contribution in [1.29, 1.82) is 0 Å². The van der Waals surface area contributed by atoms with Gasteiger partial charge < -0.3 is 15.1 Å². The van der Waals surface area contributed by atoms with Gasteiger partial charge in [-0.1, -0.05) is 41.4 Å². The van der Waals surface area contributed by atoms with Crippen molar-refractivity contribution < 1.29 is 9.59 Å². The molecule has 1 saturated heterocycles. The zero-order valence-corrected chi connectivity index (χ0v) is 20.0. The Labute approximate surface area is 202 Å². The van der Waals surface area contributed by atoms with Crippen molar-refractivity contribution >= 4 is 41.4 Å². The first-order valence-electron chi connectivity index (χ1n) is 10.6. The SMILES string of the molecule is Cc1cccc(-c2n[nH]c(=S)n2CC(=O)N2CCN(C(=O)Nc3ccc(C)c(Cl)c3)CC2)c1. The smallest absolute Gasteiger partial charge is 0.321 e. The van der Waals surface area contributed by atoms with Crippen molar-refractivity contribution in [2.45, 2.75) is 20.4 Å². The van der Waals surface area contributed by atoms with Crippen LogP contribution in [0.1, 0.15) is 11.1 Å². The monoisotopic (exact) mass is 484 g/mol. The standard InChI is InChI=1S/C23H25ClN6O2S/c1-15-4-3-5-17(12-15)21-26-27-23(33)30(21)14-20(31)28-8-10-29(11-9-28)22(32)25-18-7-6-16(2)19(24)13-18/h3-7,12-13H,8-11,14H2,1-2H3,(H,25,32)(H,27,33). The van der Waals surface area contributed by atoms with E-state index in [0.717, 1.165) is 16.7 Å². The molecule has 0 bridgehead atoms. The largest absolute Gasteiger partial charge is 0.338 e.